The molecule has 0 aromatic heterocycles. The van der Waals surface area contributed by atoms with Gasteiger partial charge in [0.1, 0.15) is 6.54 Å². The number of amides is 1. The predicted octanol–water partition coefficient (Wildman–Crippen LogP) is 6.17. The van der Waals surface area contributed by atoms with Crippen LogP contribution < -0.4 is 9.62 Å². The van der Waals surface area contributed by atoms with Crippen LogP contribution in [-0.2, 0) is 11.0 Å². The van der Waals surface area contributed by atoms with E-state index in [4.69, 9.17) is 11.6 Å². The molecule has 4 nitrogen and oxygen atoms in total. The minimum Gasteiger partial charge on any atom is -0.335 e. The van der Waals surface area contributed by atoms with Crippen LogP contribution in [0, 0.1) is 12.8 Å². The van der Waals surface area contributed by atoms with Crippen LogP contribution in [0.2, 0.25) is 5.02 Å². The van der Waals surface area contributed by atoms with Gasteiger partial charge in [-0.05, 0) is 106 Å². The van der Waals surface area contributed by atoms with Gasteiger partial charge in [0.05, 0.1) is 11.3 Å². The third-order valence-corrected chi connectivity index (χ3v) is 8.11. The van der Waals surface area contributed by atoms with Gasteiger partial charge < -0.3 is 14.5 Å². The molecular weight excluding hydrogens is 483 g/mol. The van der Waals surface area contributed by atoms with Crippen LogP contribution in [0.5, 0.6) is 0 Å². The highest BCUT2D eigenvalue weighted by Crippen LogP contribution is 2.41. The number of hydrogen-bond acceptors (Lipinski definition) is 4. The van der Waals surface area contributed by atoms with Crippen molar-refractivity contribution < 1.29 is 18.0 Å². The highest BCUT2D eigenvalue weighted by molar-refractivity contribution is 8.00. The number of nitrogens with zero attached hydrogens (tertiary/aromatic N) is 2. The van der Waals surface area contributed by atoms with Crippen molar-refractivity contribution in [3.05, 3.63) is 58.6 Å². The first-order valence-corrected chi connectivity index (χ1v) is 12.7. The normalized spacial score (nSPS) is 22.2. The van der Waals surface area contributed by atoms with E-state index in [1.165, 1.54) is 18.0 Å². The second-order valence-corrected chi connectivity index (χ2v) is 10.6. The molecule has 3 unspecified atom stereocenters. The summed E-state index contributed by atoms with van der Waals surface area (Å²) in [6, 6.07) is 11.2. The summed E-state index contributed by atoms with van der Waals surface area (Å²) in [5.41, 5.74) is 0.338. The van der Waals surface area contributed by atoms with Crippen molar-refractivity contribution in [1.29, 1.82) is 0 Å². The molecule has 4 rings (SSSR count). The molecule has 34 heavy (non-hydrogen) atoms. The quantitative estimate of drug-likeness (QED) is 0.451. The van der Waals surface area contributed by atoms with E-state index in [1.807, 2.05) is 11.9 Å². The number of piperidine rings is 1. The van der Waals surface area contributed by atoms with Gasteiger partial charge in [-0.15, -0.1) is 0 Å². The van der Waals surface area contributed by atoms with Gasteiger partial charge in [0.25, 0.3) is 0 Å². The summed E-state index contributed by atoms with van der Waals surface area (Å²) in [6.45, 7) is 2.62. The van der Waals surface area contributed by atoms with Crippen molar-refractivity contribution in [3.8, 4) is 0 Å². The number of alkyl halides is 3. The number of nitrogens with one attached hydrogen (secondary N) is 1. The van der Waals surface area contributed by atoms with Crippen molar-refractivity contribution in [2.45, 2.75) is 55.8 Å². The topological polar surface area (TPSA) is 35.6 Å². The largest absolute Gasteiger partial charge is 0.416 e. The number of carbonyl (C=O) groups excluding carboxylic acids is 1. The van der Waals surface area contributed by atoms with Crippen molar-refractivity contribution in [2.75, 3.05) is 24.4 Å². The minimum absolute atomic E-state index is 0.00524. The van der Waals surface area contributed by atoms with Crippen molar-refractivity contribution in [1.82, 2.24) is 10.2 Å². The SMILES string of the molecule is CNCC1CCC2CCC1N2C(=O)CN(Sc1ccc(Cl)cc1)c1cc(C(F)(F)F)ccc1C. The number of benzene rings is 2. The lowest BCUT2D eigenvalue weighted by Crippen LogP contribution is -2.52. The Morgan fingerprint density at radius 2 is 1.85 bits per heavy atom. The standard InChI is InChI=1S/C25H29ClF3N3OS/c1-16-3-5-18(25(27,28)29)13-23(16)31(34-21-10-6-19(26)7-11-21)15-24(33)32-20-8-4-17(14-30-2)22(32)12-9-20/h3,5-7,10-11,13,17,20,22,30H,4,8-9,12,14-15H2,1-2H3. The maximum Gasteiger partial charge on any atom is 0.416 e. The van der Waals surface area contributed by atoms with Gasteiger partial charge in [0.2, 0.25) is 5.91 Å². The summed E-state index contributed by atoms with van der Waals surface area (Å²) < 4.78 is 42.2. The smallest absolute Gasteiger partial charge is 0.335 e. The fourth-order valence-electron chi connectivity index (χ4n) is 5.19. The lowest BCUT2D eigenvalue weighted by Gasteiger charge is -2.41. The molecule has 0 saturated carbocycles. The predicted molar refractivity (Wildman–Crippen MR) is 131 cm³/mol. The first-order chi connectivity index (χ1) is 16.2. The average molecular weight is 512 g/mol. The molecule has 2 aromatic rings. The number of aryl methyl sites for hydroxylation is 1. The van der Waals surface area contributed by atoms with E-state index in [-0.39, 0.29) is 24.5 Å². The van der Waals surface area contributed by atoms with Gasteiger partial charge in [-0.1, -0.05) is 17.7 Å². The summed E-state index contributed by atoms with van der Waals surface area (Å²) >= 11 is 7.27. The Kier molecular flexibility index (Phi) is 7.69. The van der Waals surface area contributed by atoms with Crippen LogP contribution in [-0.4, -0.2) is 43.0 Å². The molecule has 0 spiro atoms. The summed E-state index contributed by atoms with van der Waals surface area (Å²) in [4.78, 5) is 16.4. The number of hydrogen-bond donors (Lipinski definition) is 1. The van der Waals surface area contributed by atoms with Gasteiger partial charge >= 0.3 is 6.18 Å². The fraction of sp³-hybridized carbons (Fsp3) is 0.480. The summed E-state index contributed by atoms with van der Waals surface area (Å²) in [5.74, 6) is 0.368. The number of anilines is 1. The van der Waals surface area contributed by atoms with Crippen molar-refractivity contribution in [2.24, 2.45) is 5.92 Å². The molecule has 184 valence electrons. The van der Waals surface area contributed by atoms with Crippen LogP contribution in [0.4, 0.5) is 18.9 Å². The Balaban J connectivity index is 1.64. The molecular formula is C25H29ClF3N3OS. The Morgan fingerprint density at radius 1 is 1.15 bits per heavy atom. The first kappa shape index (κ1) is 25.2. The molecule has 0 radical (unpaired) electrons. The lowest BCUT2D eigenvalue weighted by molar-refractivity contribution is -0.137. The van der Waals surface area contributed by atoms with Crippen molar-refractivity contribution in [3.63, 3.8) is 0 Å². The summed E-state index contributed by atoms with van der Waals surface area (Å²) in [6.07, 6.45) is -0.425. The molecule has 2 aliphatic rings. The third kappa shape index (κ3) is 5.50. The molecule has 2 heterocycles. The fourth-order valence-corrected chi connectivity index (χ4v) is 6.30. The lowest BCUT2D eigenvalue weighted by atomic mass is 9.90. The molecule has 0 aliphatic carbocycles. The van der Waals surface area contributed by atoms with Gasteiger partial charge in [0.15, 0.2) is 0 Å². The van der Waals surface area contributed by atoms with E-state index in [0.29, 0.717) is 22.2 Å². The highest BCUT2D eigenvalue weighted by atomic mass is 35.5. The highest BCUT2D eigenvalue weighted by Gasteiger charge is 2.44. The molecule has 9 heteroatoms. The van der Waals surface area contributed by atoms with E-state index in [1.54, 1.807) is 35.5 Å². The molecule has 2 bridgehead atoms. The second kappa shape index (κ2) is 10.4. The maximum absolute atomic E-state index is 13.6. The first-order valence-electron chi connectivity index (χ1n) is 11.5. The zero-order valence-corrected chi connectivity index (χ0v) is 20.8. The number of halogens is 4. The molecule has 3 atom stereocenters. The van der Waals surface area contributed by atoms with Crippen LogP contribution in [0.3, 0.4) is 0 Å². The van der Waals surface area contributed by atoms with Crippen molar-refractivity contribution >= 4 is 35.1 Å². The Bertz CT molecular complexity index is 1020. The number of fused-ring (bicyclic) bond motifs is 2. The maximum atomic E-state index is 13.6. The van der Waals surface area contributed by atoms with E-state index in [0.717, 1.165) is 49.3 Å². The van der Waals surface area contributed by atoms with E-state index in [9.17, 15) is 18.0 Å². The zero-order valence-electron chi connectivity index (χ0n) is 19.2. The Labute approximate surface area is 208 Å². The number of rotatable bonds is 7. The minimum atomic E-state index is -4.46. The molecule has 2 aliphatic heterocycles. The Hall–Kier alpha value is -1.90. The second-order valence-electron chi connectivity index (χ2n) is 9.08. The number of carbonyl (C=O) groups is 1. The van der Waals surface area contributed by atoms with E-state index >= 15 is 0 Å². The molecule has 2 aromatic carbocycles. The molecule has 1 amide bonds. The van der Waals surface area contributed by atoms with Gasteiger partial charge in [-0.2, -0.15) is 13.2 Å². The van der Waals surface area contributed by atoms with Crippen LogP contribution in [0.15, 0.2) is 47.4 Å². The summed E-state index contributed by atoms with van der Waals surface area (Å²) in [5, 5.41) is 3.81. The van der Waals surface area contributed by atoms with E-state index < -0.39 is 11.7 Å². The van der Waals surface area contributed by atoms with Gasteiger partial charge in [-0.25, -0.2) is 0 Å². The van der Waals surface area contributed by atoms with Crippen LogP contribution in [0.1, 0.15) is 36.8 Å². The molecule has 2 fully saturated rings. The molecule has 2 saturated heterocycles. The third-order valence-electron chi connectivity index (χ3n) is 6.83. The van der Waals surface area contributed by atoms with Gasteiger partial charge in [-0.3, -0.25) is 4.79 Å². The van der Waals surface area contributed by atoms with E-state index in [2.05, 4.69) is 5.32 Å². The zero-order chi connectivity index (χ0) is 24.5. The van der Waals surface area contributed by atoms with Gasteiger partial charge in [0, 0.05) is 22.0 Å². The Morgan fingerprint density at radius 3 is 2.53 bits per heavy atom. The van der Waals surface area contributed by atoms with Crippen LogP contribution >= 0.6 is 23.5 Å². The monoisotopic (exact) mass is 511 g/mol. The summed E-state index contributed by atoms with van der Waals surface area (Å²) in [7, 11) is 1.92. The van der Waals surface area contributed by atoms with Crippen LogP contribution in [0.25, 0.3) is 0 Å². The average Bonchev–Trinajstić information content (AvgIpc) is 3.11. The molecule has 1 N–H and O–H groups in total.